The molecule has 0 heterocycles. The number of aliphatic carboxylic acids is 2. The molecular weight excluding hydrogens is 711 g/mol. The van der Waals surface area contributed by atoms with Crippen molar-refractivity contribution in [1.29, 1.82) is 0 Å². The number of hydrogen-bond acceptors (Lipinski definition) is 8. The zero-order valence-corrected chi connectivity index (χ0v) is 23.9. The van der Waals surface area contributed by atoms with Crippen LogP contribution >= 0.6 is 0 Å². The van der Waals surface area contributed by atoms with Gasteiger partial charge in [0.15, 0.2) is 0 Å². The molecule has 2 rings (SSSR count). The molecule has 259 valence electrons. The monoisotopic (exact) mass is 731 g/mol. The van der Waals surface area contributed by atoms with E-state index in [0.717, 1.165) is 13.8 Å². The molecule has 0 aliphatic heterocycles. The Morgan fingerprint density at radius 1 is 0.630 bits per heavy atom. The van der Waals surface area contributed by atoms with Gasteiger partial charge in [-0.2, -0.15) is 52.7 Å². The Balaban J connectivity index is 0. The number of benzene rings is 2. The molecule has 0 atom stereocenters. The van der Waals surface area contributed by atoms with Crippen LogP contribution in [0.15, 0.2) is 34.3 Å². The van der Waals surface area contributed by atoms with Crippen molar-refractivity contribution in [3.63, 3.8) is 0 Å². The molecule has 0 aliphatic rings. The first kappa shape index (κ1) is 44.1. The minimum absolute atomic E-state index is 0. The third kappa shape index (κ3) is 15.8. The van der Waals surface area contributed by atoms with Gasteiger partial charge in [-0.1, -0.05) is 0 Å². The normalized spacial score (nSPS) is 12.1. The van der Waals surface area contributed by atoms with E-state index in [1.54, 1.807) is 0 Å². The molecule has 0 spiro atoms. The summed E-state index contributed by atoms with van der Waals surface area (Å²) < 4.78 is 155. The quantitative estimate of drug-likeness (QED) is 0.252. The molecule has 21 heteroatoms. The van der Waals surface area contributed by atoms with E-state index in [1.165, 1.54) is 0 Å². The van der Waals surface area contributed by atoms with Gasteiger partial charge in [-0.05, 0) is 44.5 Å². The summed E-state index contributed by atoms with van der Waals surface area (Å²) in [6.07, 6.45) is -20.0. The Morgan fingerprint density at radius 3 is 1.11 bits per heavy atom. The maximum Gasteiger partial charge on any atom is 2.00 e. The molecule has 1 radical (unpaired) electrons. The standard InChI is InChI=1S/C21H14F12N2O2.2C2H4O2.Co/c22-18(23,24)12-4-10(16(36)14(6-12)20(28,29)30)8-34-2-1-3-35-9-11-5-13(19(25,26)27)7-15(17(11)37)21(31,32)33;2*1-2(3)4;/h4-9,36-37H,1-3H2;2*1H3,(H,3,4);/q;;;+2/p-2. The summed E-state index contributed by atoms with van der Waals surface area (Å²) in [5, 5.41) is 37.1. The number of alkyl halides is 12. The molecule has 0 bridgehead atoms. The zero-order valence-electron chi connectivity index (χ0n) is 22.9. The average Bonchev–Trinajstić information content (AvgIpc) is 2.81. The SMILES string of the molecule is CC(=O)[O-].CC(=O)[O-].Oc1c(C=NCCCN=Cc2cc(C(F)(F)F)cc(C(F)(F)F)c2O)cc(C(F)(F)F)cc1C(F)(F)F.[Co+2]. The molecule has 2 aromatic rings. The zero-order chi connectivity index (χ0) is 35.6. The van der Waals surface area contributed by atoms with Crippen LogP contribution < -0.4 is 10.2 Å². The second-order valence-corrected chi connectivity index (χ2v) is 8.32. The Hall–Kier alpha value is -4.01. The number of phenolic OH excluding ortho intramolecular Hbond substituents is 2. The van der Waals surface area contributed by atoms with Crippen LogP contribution in [-0.2, 0) is 51.1 Å². The van der Waals surface area contributed by atoms with Crippen molar-refractivity contribution in [3.05, 3.63) is 57.6 Å². The minimum Gasteiger partial charge on any atom is -0.550 e. The van der Waals surface area contributed by atoms with E-state index in [1.807, 2.05) is 0 Å². The Labute approximate surface area is 261 Å². The van der Waals surface area contributed by atoms with Crippen LogP contribution in [0, 0.1) is 0 Å². The molecule has 0 aliphatic carbocycles. The Bertz CT molecular complexity index is 1270. The van der Waals surface area contributed by atoms with Crippen molar-refractivity contribution in [3.8, 4) is 11.5 Å². The molecule has 0 fully saturated rings. The third-order valence-electron chi connectivity index (χ3n) is 4.58. The van der Waals surface area contributed by atoms with Crippen LogP contribution in [0.3, 0.4) is 0 Å². The number of carboxylic acids is 2. The van der Waals surface area contributed by atoms with E-state index in [-0.39, 0.29) is 60.6 Å². The van der Waals surface area contributed by atoms with E-state index in [4.69, 9.17) is 19.8 Å². The van der Waals surface area contributed by atoms with Crippen LogP contribution in [0.5, 0.6) is 11.5 Å². The number of phenols is 2. The second kappa shape index (κ2) is 17.6. The van der Waals surface area contributed by atoms with Gasteiger partial charge in [-0.25, -0.2) is 0 Å². The molecule has 0 saturated carbocycles. The number of aromatic hydroxyl groups is 2. The molecule has 0 unspecified atom stereocenters. The fourth-order valence-corrected chi connectivity index (χ4v) is 2.85. The van der Waals surface area contributed by atoms with Crippen LogP contribution in [0.2, 0.25) is 0 Å². The maximum atomic E-state index is 12.9. The van der Waals surface area contributed by atoms with E-state index in [9.17, 15) is 62.9 Å². The fourth-order valence-electron chi connectivity index (χ4n) is 2.85. The maximum absolute atomic E-state index is 12.9. The summed E-state index contributed by atoms with van der Waals surface area (Å²) >= 11 is 0. The minimum atomic E-state index is -5.30. The summed E-state index contributed by atoms with van der Waals surface area (Å²) in [5.41, 5.74) is -9.04. The predicted molar refractivity (Wildman–Crippen MR) is 127 cm³/mol. The van der Waals surface area contributed by atoms with Crippen LogP contribution in [0.4, 0.5) is 52.7 Å². The smallest absolute Gasteiger partial charge is 0.550 e. The van der Waals surface area contributed by atoms with Gasteiger partial charge in [0.1, 0.15) is 11.5 Å². The number of aliphatic imine (C=N–C) groups is 2. The molecular formula is C25H20CoF12N2O6. The van der Waals surface area contributed by atoms with Gasteiger partial charge in [0.25, 0.3) is 0 Å². The number of carbonyl (C=O) groups excluding carboxylic acids is 2. The van der Waals surface area contributed by atoms with Crippen molar-refractivity contribution < 1.29 is 99.5 Å². The first-order valence-corrected chi connectivity index (χ1v) is 11.6. The van der Waals surface area contributed by atoms with Gasteiger partial charge in [-0.15, -0.1) is 0 Å². The number of nitrogens with zero attached hydrogens (tertiary/aromatic N) is 2. The summed E-state index contributed by atoms with van der Waals surface area (Å²) in [5.74, 6) is -5.16. The van der Waals surface area contributed by atoms with Crippen LogP contribution in [-0.4, -0.2) is 47.7 Å². The summed E-state index contributed by atoms with van der Waals surface area (Å²) in [4.78, 5) is 24.9. The van der Waals surface area contributed by atoms with E-state index in [0.29, 0.717) is 12.4 Å². The number of halogens is 12. The van der Waals surface area contributed by atoms with Gasteiger partial charge in [0.2, 0.25) is 0 Å². The average molecular weight is 731 g/mol. The van der Waals surface area contributed by atoms with Crippen molar-refractivity contribution in [2.45, 2.75) is 45.0 Å². The fraction of sp³-hybridized carbons (Fsp3) is 0.360. The number of rotatable bonds is 6. The van der Waals surface area contributed by atoms with Gasteiger partial charge >= 0.3 is 41.5 Å². The van der Waals surface area contributed by atoms with Crippen LogP contribution in [0.1, 0.15) is 53.6 Å². The van der Waals surface area contributed by atoms with Crippen molar-refractivity contribution in [2.75, 3.05) is 13.1 Å². The molecule has 46 heavy (non-hydrogen) atoms. The first-order chi connectivity index (χ1) is 20.2. The van der Waals surface area contributed by atoms with Crippen molar-refractivity contribution in [2.24, 2.45) is 9.98 Å². The van der Waals surface area contributed by atoms with Gasteiger partial charge in [0.05, 0.1) is 22.3 Å². The molecule has 0 amide bonds. The molecule has 0 saturated heterocycles. The van der Waals surface area contributed by atoms with Crippen molar-refractivity contribution in [1.82, 2.24) is 0 Å². The largest absolute Gasteiger partial charge is 2.00 e. The first-order valence-electron chi connectivity index (χ1n) is 11.6. The van der Waals surface area contributed by atoms with E-state index >= 15 is 0 Å². The molecule has 8 nitrogen and oxygen atoms in total. The molecule has 2 N–H and O–H groups in total. The summed E-state index contributed by atoms with van der Waals surface area (Å²) in [7, 11) is 0. The predicted octanol–water partition coefficient (Wildman–Crippen LogP) is 4.61. The summed E-state index contributed by atoms with van der Waals surface area (Å²) in [6.45, 7) is 1.33. The topological polar surface area (TPSA) is 145 Å². The van der Waals surface area contributed by atoms with Gasteiger partial charge < -0.3 is 30.0 Å². The summed E-state index contributed by atoms with van der Waals surface area (Å²) in [6, 6.07) is -0.0642. The Kier molecular flexibility index (Phi) is 16.9. The number of hydrogen-bond donors (Lipinski definition) is 2. The number of carbonyl (C=O) groups is 2. The van der Waals surface area contributed by atoms with E-state index in [2.05, 4.69) is 9.98 Å². The van der Waals surface area contributed by atoms with Crippen LogP contribution in [0.25, 0.3) is 0 Å². The number of carboxylic acid groups (broad SMARTS) is 2. The third-order valence-corrected chi connectivity index (χ3v) is 4.58. The van der Waals surface area contributed by atoms with Gasteiger partial charge in [0, 0.05) is 48.6 Å². The van der Waals surface area contributed by atoms with Crippen molar-refractivity contribution >= 4 is 24.4 Å². The second-order valence-electron chi connectivity index (χ2n) is 8.32. The molecule has 0 aromatic heterocycles. The molecule has 2 aromatic carbocycles. The Morgan fingerprint density at radius 2 is 0.891 bits per heavy atom. The van der Waals surface area contributed by atoms with Gasteiger partial charge in [-0.3, -0.25) is 9.98 Å². The van der Waals surface area contributed by atoms with E-state index < -0.39 is 81.5 Å².